The Morgan fingerprint density at radius 3 is 2.65 bits per heavy atom. The molecule has 3 aromatic carbocycles. The summed E-state index contributed by atoms with van der Waals surface area (Å²) in [5.74, 6) is -0.257. The van der Waals surface area contributed by atoms with Crippen LogP contribution in [0.25, 0.3) is 43.5 Å². The number of rotatable bonds is 0. The summed E-state index contributed by atoms with van der Waals surface area (Å²) in [5, 5.41) is 5.65. The summed E-state index contributed by atoms with van der Waals surface area (Å²) in [6.45, 7) is 2.13. The molecule has 0 aliphatic carbocycles. The van der Waals surface area contributed by atoms with Crippen LogP contribution in [0, 0.1) is 12.7 Å². The number of aromatic nitrogens is 2. The Labute approximate surface area is 131 Å². The van der Waals surface area contributed by atoms with Gasteiger partial charge in [-0.25, -0.2) is 4.39 Å². The molecule has 0 spiro atoms. The van der Waals surface area contributed by atoms with Crippen molar-refractivity contribution in [3.05, 3.63) is 66.1 Å². The third-order valence-corrected chi connectivity index (χ3v) is 4.68. The van der Waals surface area contributed by atoms with Crippen LogP contribution in [0.1, 0.15) is 5.56 Å². The number of benzene rings is 3. The number of hydrogen-bond donors (Lipinski definition) is 1. The lowest BCUT2D eigenvalue weighted by atomic mass is 9.98. The van der Waals surface area contributed by atoms with Gasteiger partial charge in [0.2, 0.25) is 0 Å². The smallest absolute Gasteiger partial charge is 0.125 e. The molecule has 110 valence electrons. The lowest BCUT2D eigenvalue weighted by Crippen LogP contribution is -1.87. The highest BCUT2D eigenvalue weighted by molar-refractivity contribution is 6.18. The second kappa shape index (κ2) is 4.29. The highest BCUT2D eigenvalue weighted by Crippen LogP contribution is 2.35. The molecule has 0 saturated heterocycles. The Balaban J connectivity index is 2.05. The van der Waals surface area contributed by atoms with Gasteiger partial charge in [0.05, 0.1) is 5.52 Å². The largest absolute Gasteiger partial charge is 0.354 e. The predicted molar refractivity (Wildman–Crippen MR) is 93.3 cm³/mol. The number of fused-ring (bicyclic) bond motifs is 6. The van der Waals surface area contributed by atoms with Gasteiger partial charge < -0.3 is 4.98 Å². The van der Waals surface area contributed by atoms with E-state index in [1.54, 1.807) is 0 Å². The van der Waals surface area contributed by atoms with E-state index in [0.29, 0.717) is 5.52 Å². The van der Waals surface area contributed by atoms with Gasteiger partial charge in [0.1, 0.15) is 5.82 Å². The summed E-state index contributed by atoms with van der Waals surface area (Å²) in [7, 11) is 0. The van der Waals surface area contributed by atoms with Gasteiger partial charge in [-0.1, -0.05) is 18.2 Å². The van der Waals surface area contributed by atoms with Crippen LogP contribution in [-0.2, 0) is 0 Å². The number of pyridine rings is 1. The molecule has 0 saturated carbocycles. The lowest BCUT2D eigenvalue weighted by molar-refractivity contribution is 0.629. The summed E-state index contributed by atoms with van der Waals surface area (Å²) < 4.78 is 13.5. The monoisotopic (exact) mass is 300 g/mol. The Morgan fingerprint density at radius 1 is 0.870 bits per heavy atom. The van der Waals surface area contributed by atoms with Crippen LogP contribution in [0.4, 0.5) is 4.39 Å². The topological polar surface area (TPSA) is 28.7 Å². The van der Waals surface area contributed by atoms with Crippen molar-refractivity contribution in [1.29, 1.82) is 0 Å². The van der Waals surface area contributed by atoms with Crippen molar-refractivity contribution < 1.29 is 4.39 Å². The molecule has 0 aliphatic heterocycles. The van der Waals surface area contributed by atoms with Crippen molar-refractivity contribution >= 4 is 43.5 Å². The third-order valence-electron chi connectivity index (χ3n) is 4.68. The third kappa shape index (κ3) is 1.65. The zero-order valence-electron chi connectivity index (χ0n) is 12.5. The number of nitrogens with zero attached hydrogens (tertiary/aromatic N) is 1. The molecule has 1 N–H and O–H groups in total. The minimum Gasteiger partial charge on any atom is -0.354 e. The van der Waals surface area contributed by atoms with Crippen LogP contribution >= 0.6 is 0 Å². The van der Waals surface area contributed by atoms with Crippen molar-refractivity contribution in [2.45, 2.75) is 6.92 Å². The van der Waals surface area contributed by atoms with E-state index in [0.717, 1.165) is 27.2 Å². The summed E-state index contributed by atoms with van der Waals surface area (Å²) >= 11 is 0. The first-order valence-electron chi connectivity index (χ1n) is 7.60. The van der Waals surface area contributed by atoms with Crippen molar-refractivity contribution in [2.75, 3.05) is 0 Å². The van der Waals surface area contributed by atoms with Gasteiger partial charge in [-0.3, -0.25) is 4.98 Å². The van der Waals surface area contributed by atoms with E-state index in [9.17, 15) is 4.39 Å². The fraction of sp³-hybridized carbons (Fsp3) is 0.0500. The summed E-state index contributed by atoms with van der Waals surface area (Å²) in [5.41, 5.74) is 4.12. The van der Waals surface area contributed by atoms with E-state index in [1.165, 1.54) is 28.5 Å². The number of para-hydroxylation sites is 1. The number of hydrogen-bond acceptors (Lipinski definition) is 1. The van der Waals surface area contributed by atoms with Crippen LogP contribution in [0.5, 0.6) is 0 Å². The minimum atomic E-state index is -0.257. The van der Waals surface area contributed by atoms with Crippen molar-refractivity contribution in [3.63, 3.8) is 0 Å². The number of nitrogens with one attached hydrogen (secondary N) is 1. The molecule has 0 unspecified atom stereocenters. The van der Waals surface area contributed by atoms with Crippen LogP contribution < -0.4 is 0 Å². The van der Waals surface area contributed by atoms with E-state index in [2.05, 4.69) is 41.2 Å². The van der Waals surface area contributed by atoms with Gasteiger partial charge in [-0.15, -0.1) is 0 Å². The molecule has 2 nitrogen and oxygen atoms in total. The molecule has 0 amide bonds. The Hall–Kier alpha value is -2.94. The molecule has 3 heteroatoms. The average molecular weight is 300 g/mol. The van der Waals surface area contributed by atoms with E-state index in [4.69, 9.17) is 0 Å². The SMILES string of the molecule is Cc1c2cnc3cc(F)ccc3c2cc2[nH]c3ccccc3c12. The van der Waals surface area contributed by atoms with Crippen LogP contribution in [-0.4, -0.2) is 9.97 Å². The first-order chi connectivity index (χ1) is 11.2. The fourth-order valence-electron chi connectivity index (χ4n) is 3.60. The van der Waals surface area contributed by atoms with Crippen molar-refractivity contribution in [2.24, 2.45) is 0 Å². The van der Waals surface area contributed by atoms with Crippen LogP contribution in [0.2, 0.25) is 0 Å². The first kappa shape index (κ1) is 12.6. The maximum atomic E-state index is 13.5. The Bertz CT molecular complexity index is 1230. The molecule has 0 atom stereocenters. The molecule has 5 rings (SSSR count). The molecular formula is C20H13FN2. The summed E-state index contributed by atoms with van der Waals surface area (Å²) in [6, 6.07) is 15.3. The number of aromatic amines is 1. The molecule has 2 heterocycles. The lowest BCUT2D eigenvalue weighted by Gasteiger charge is -2.08. The Morgan fingerprint density at radius 2 is 1.74 bits per heavy atom. The maximum absolute atomic E-state index is 13.5. The highest BCUT2D eigenvalue weighted by Gasteiger charge is 2.12. The molecule has 2 aromatic heterocycles. The van der Waals surface area contributed by atoms with E-state index < -0.39 is 0 Å². The van der Waals surface area contributed by atoms with Gasteiger partial charge >= 0.3 is 0 Å². The average Bonchev–Trinajstić information content (AvgIpc) is 2.93. The number of halogens is 1. The standard InChI is InChI=1S/C20H13FN2/c1-11-16-10-22-18-8-12(21)6-7-13(18)15(16)9-19-20(11)14-4-2-3-5-17(14)23-19/h2-10,23H,1H3. The quantitative estimate of drug-likeness (QED) is 0.377. The Kier molecular flexibility index (Phi) is 2.35. The predicted octanol–water partition coefficient (Wildman–Crippen LogP) is 5.47. The molecule has 23 heavy (non-hydrogen) atoms. The second-order valence-electron chi connectivity index (χ2n) is 5.98. The van der Waals surface area contributed by atoms with Gasteiger partial charge in [0, 0.05) is 44.8 Å². The van der Waals surface area contributed by atoms with Gasteiger partial charge in [-0.2, -0.15) is 0 Å². The zero-order valence-corrected chi connectivity index (χ0v) is 12.5. The molecule has 0 bridgehead atoms. The summed E-state index contributed by atoms with van der Waals surface area (Å²) in [6.07, 6.45) is 1.85. The van der Waals surface area contributed by atoms with E-state index in [-0.39, 0.29) is 5.82 Å². The zero-order chi connectivity index (χ0) is 15.6. The first-order valence-corrected chi connectivity index (χ1v) is 7.60. The molecule has 0 aliphatic rings. The highest BCUT2D eigenvalue weighted by atomic mass is 19.1. The number of aryl methyl sites for hydroxylation is 1. The molecule has 5 aromatic rings. The normalized spacial score (nSPS) is 11.9. The maximum Gasteiger partial charge on any atom is 0.125 e. The molecule has 0 fully saturated rings. The minimum absolute atomic E-state index is 0.257. The van der Waals surface area contributed by atoms with Gasteiger partial charge in [0.25, 0.3) is 0 Å². The second-order valence-corrected chi connectivity index (χ2v) is 5.98. The van der Waals surface area contributed by atoms with Crippen molar-refractivity contribution in [3.8, 4) is 0 Å². The number of H-pyrrole nitrogens is 1. The van der Waals surface area contributed by atoms with Crippen molar-refractivity contribution in [1.82, 2.24) is 9.97 Å². The van der Waals surface area contributed by atoms with Crippen LogP contribution in [0.15, 0.2) is 54.7 Å². The molecule has 0 radical (unpaired) electrons. The van der Waals surface area contributed by atoms with Gasteiger partial charge in [0.15, 0.2) is 0 Å². The van der Waals surface area contributed by atoms with Gasteiger partial charge in [-0.05, 0) is 42.1 Å². The van der Waals surface area contributed by atoms with E-state index in [1.807, 2.05) is 18.3 Å². The van der Waals surface area contributed by atoms with E-state index >= 15 is 0 Å². The van der Waals surface area contributed by atoms with Crippen LogP contribution in [0.3, 0.4) is 0 Å². The summed E-state index contributed by atoms with van der Waals surface area (Å²) in [4.78, 5) is 7.94. The molecular weight excluding hydrogens is 287 g/mol. The fourth-order valence-corrected chi connectivity index (χ4v) is 3.60.